The van der Waals surface area contributed by atoms with Gasteiger partial charge in [-0.3, -0.25) is 0 Å². The molecule has 2 nitrogen and oxygen atoms in total. The zero-order valence-electron chi connectivity index (χ0n) is 12.9. The van der Waals surface area contributed by atoms with Crippen LogP contribution in [0.2, 0.25) is 0 Å². The molecule has 0 saturated heterocycles. The van der Waals surface area contributed by atoms with Crippen molar-refractivity contribution < 1.29 is 0 Å². The molecule has 2 aromatic rings. The van der Waals surface area contributed by atoms with Crippen LogP contribution >= 0.6 is 34.2 Å². The fraction of sp³-hybridized carbons (Fsp3) is 0.588. The van der Waals surface area contributed by atoms with Gasteiger partial charge in [-0.05, 0) is 72.4 Å². The molecular formula is C17H22ClIN2. The number of imidazole rings is 1. The molecule has 2 atom stereocenters. The lowest BCUT2D eigenvalue weighted by atomic mass is 9.75. The van der Waals surface area contributed by atoms with Gasteiger partial charge in [0.2, 0.25) is 0 Å². The van der Waals surface area contributed by atoms with E-state index in [1.807, 2.05) is 6.92 Å². The van der Waals surface area contributed by atoms with Gasteiger partial charge in [-0.1, -0.05) is 20.3 Å². The van der Waals surface area contributed by atoms with Crippen LogP contribution in [0.1, 0.15) is 63.7 Å². The van der Waals surface area contributed by atoms with Crippen LogP contribution in [0.4, 0.5) is 0 Å². The third kappa shape index (κ3) is 3.09. The third-order valence-corrected chi connectivity index (χ3v) is 5.45. The summed E-state index contributed by atoms with van der Waals surface area (Å²) in [6.07, 6.45) is 5.05. The highest BCUT2D eigenvalue weighted by Crippen LogP contribution is 2.43. The lowest BCUT2D eigenvalue weighted by molar-refractivity contribution is 0.183. The van der Waals surface area contributed by atoms with Crippen molar-refractivity contribution in [3.05, 3.63) is 27.6 Å². The van der Waals surface area contributed by atoms with Gasteiger partial charge in [-0.25, -0.2) is 4.98 Å². The molecule has 1 heterocycles. The van der Waals surface area contributed by atoms with Crippen molar-refractivity contribution in [2.75, 3.05) is 0 Å². The molecule has 0 aliphatic heterocycles. The summed E-state index contributed by atoms with van der Waals surface area (Å²) in [5.74, 6) is 1.02. The Labute approximate surface area is 145 Å². The van der Waals surface area contributed by atoms with E-state index in [2.05, 4.69) is 59.2 Å². The lowest BCUT2D eigenvalue weighted by Gasteiger charge is -2.37. The maximum absolute atomic E-state index is 6.42. The van der Waals surface area contributed by atoms with Crippen LogP contribution in [0.5, 0.6) is 0 Å². The zero-order chi connectivity index (χ0) is 15.2. The molecule has 0 spiro atoms. The van der Waals surface area contributed by atoms with Gasteiger partial charge in [0.25, 0.3) is 0 Å². The Balaban J connectivity index is 2.13. The van der Waals surface area contributed by atoms with Crippen molar-refractivity contribution in [3.63, 3.8) is 0 Å². The van der Waals surface area contributed by atoms with Gasteiger partial charge in [0.15, 0.2) is 0 Å². The van der Waals surface area contributed by atoms with Gasteiger partial charge < -0.3 is 4.57 Å². The minimum atomic E-state index is -0.0555. The van der Waals surface area contributed by atoms with Crippen LogP contribution in [-0.4, -0.2) is 9.55 Å². The molecule has 2 unspecified atom stereocenters. The molecule has 0 radical (unpaired) electrons. The summed E-state index contributed by atoms with van der Waals surface area (Å²) in [7, 11) is 0. The van der Waals surface area contributed by atoms with E-state index in [-0.39, 0.29) is 5.38 Å². The van der Waals surface area contributed by atoms with Crippen molar-refractivity contribution in [3.8, 4) is 0 Å². The lowest BCUT2D eigenvalue weighted by Crippen LogP contribution is -2.26. The number of hydrogen-bond donors (Lipinski definition) is 0. The van der Waals surface area contributed by atoms with Crippen molar-refractivity contribution in [2.45, 2.75) is 57.9 Å². The standard InChI is InChI=1S/C17H22ClIN2/c1-11(18)16-20-14-9-12(19)6-7-15(14)21(16)13-5-4-8-17(2,3)10-13/h6-7,9,11,13H,4-5,8,10H2,1-3H3. The van der Waals surface area contributed by atoms with E-state index in [0.29, 0.717) is 11.5 Å². The molecule has 21 heavy (non-hydrogen) atoms. The normalized spacial score (nSPS) is 23.4. The molecule has 1 aromatic carbocycles. The number of aromatic nitrogens is 2. The van der Waals surface area contributed by atoms with Gasteiger partial charge >= 0.3 is 0 Å². The van der Waals surface area contributed by atoms with Crippen molar-refractivity contribution in [2.24, 2.45) is 5.41 Å². The average molecular weight is 417 g/mol. The molecule has 0 amide bonds. The number of halogens is 2. The van der Waals surface area contributed by atoms with Gasteiger partial charge in [0.05, 0.1) is 16.4 Å². The van der Waals surface area contributed by atoms with E-state index in [9.17, 15) is 0 Å². The first-order valence-corrected chi connectivity index (χ1v) is 9.20. The van der Waals surface area contributed by atoms with E-state index in [0.717, 1.165) is 11.3 Å². The van der Waals surface area contributed by atoms with Crippen molar-refractivity contribution in [1.29, 1.82) is 0 Å². The van der Waals surface area contributed by atoms with Crippen molar-refractivity contribution in [1.82, 2.24) is 9.55 Å². The number of fused-ring (bicyclic) bond motifs is 1. The monoisotopic (exact) mass is 416 g/mol. The summed E-state index contributed by atoms with van der Waals surface area (Å²) in [5, 5.41) is -0.0555. The van der Waals surface area contributed by atoms with Crippen LogP contribution < -0.4 is 0 Å². The van der Waals surface area contributed by atoms with Crippen LogP contribution in [0.15, 0.2) is 18.2 Å². The minimum Gasteiger partial charge on any atom is -0.324 e. The first kappa shape index (κ1) is 15.6. The molecule has 3 rings (SSSR count). The number of benzene rings is 1. The number of alkyl halides is 1. The van der Waals surface area contributed by atoms with Gasteiger partial charge in [0, 0.05) is 9.61 Å². The van der Waals surface area contributed by atoms with E-state index in [1.165, 1.54) is 34.8 Å². The summed E-state index contributed by atoms with van der Waals surface area (Å²) in [6, 6.07) is 7.05. The Hall–Kier alpha value is -0.290. The van der Waals surface area contributed by atoms with Crippen LogP contribution in [0.25, 0.3) is 11.0 Å². The highest BCUT2D eigenvalue weighted by Gasteiger charge is 2.31. The SMILES string of the molecule is CC(Cl)c1nc2cc(I)ccc2n1C1CCCC(C)(C)C1. The number of hydrogen-bond acceptors (Lipinski definition) is 1. The van der Waals surface area contributed by atoms with E-state index >= 15 is 0 Å². The predicted molar refractivity (Wildman–Crippen MR) is 98.0 cm³/mol. The first-order chi connectivity index (χ1) is 9.87. The van der Waals surface area contributed by atoms with Gasteiger partial charge in [0.1, 0.15) is 5.82 Å². The largest absolute Gasteiger partial charge is 0.324 e. The highest BCUT2D eigenvalue weighted by atomic mass is 127. The molecular weight excluding hydrogens is 395 g/mol. The minimum absolute atomic E-state index is 0.0555. The first-order valence-electron chi connectivity index (χ1n) is 7.69. The second-order valence-electron chi connectivity index (χ2n) is 7.00. The Morgan fingerprint density at radius 2 is 2.19 bits per heavy atom. The molecule has 4 heteroatoms. The van der Waals surface area contributed by atoms with Crippen molar-refractivity contribution >= 4 is 45.2 Å². The average Bonchev–Trinajstić information content (AvgIpc) is 2.76. The molecule has 114 valence electrons. The summed E-state index contributed by atoms with van der Waals surface area (Å²) in [5.41, 5.74) is 2.73. The van der Waals surface area contributed by atoms with Crippen LogP contribution in [0.3, 0.4) is 0 Å². The number of rotatable bonds is 2. The topological polar surface area (TPSA) is 17.8 Å². The quantitative estimate of drug-likeness (QED) is 0.428. The summed E-state index contributed by atoms with van der Waals surface area (Å²) in [6.45, 7) is 6.79. The summed E-state index contributed by atoms with van der Waals surface area (Å²) < 4.78 is 3.65. The Morgan fingerprint density at radius 1 is 1.43 bits per heavy atom. The molecule has 1 fully saturated rings. The summed E-state index contributed by atoms with van der Waals surface area (Å²) >= 11 is 8.77. The van der Waals surface area contributed by atoms with Gasteiger partial charge in [-0.2, -0.15) is 0 Å². The summed E-state index contributed by atoms with van der Waals surface area (Å²) in [4.78, 5) is 4.82. The fourth-order valence-corrected chi connectivity index (χ4v) is 4.26. The van der Waals surface area contributed by atoms with Crippen LogP contribution in [0, 0.1) is 8.99 Å². The molecule has 0 bridgehead atoms. The zero-order valence-corrected chi connectivity index (χ0v) is 15.8. The second-order valence-corrected chi connectivity index (χ2v) is 8.90. The molecule has 1 saturated carbocycles. The Kier molecular flexibility index (Phi) is 4.25. The molecule has 1 aromatic heterocycles. The van der Waals surface area contributed by atoms with Gasteiger partial charge in [-0.15, -0.1) is 11.6 Å². The third-order valence-electron chi connectivity index (χ3n) is 4.58. The fourth-order valence-electron chi connectivity index (χ4n) is 3.63. The predicted octanol–water partition coefficient (Wildman–Crippen LogP) is 6.08. The molecule has 0 N–H and O–H groups in total. The van der Waals surface area contributed by atoms with E-state index in [1.54, 1.807) is 0 Å². The second kappa shape index (κ2) is 5.73. The molecule has 1 aliphatic carbocycles. The van der Waals surface area contributed by atoms with E-state index in [4.69, 9.17) is 16.6 Å². The van der Waals surface area contributed by atoms with Crippen LogP contribution in [-0.2, 0) is 0 Å². The maximum Gasteiger partial charge on any atom is 0.127 e. The Morgan fingerprint density at radius 3 is 2.86 bits per heavy atom. The number of nitrogens with zero attached hydrogens (tertiary/aromatic N) is 2. The highest BCUT2D eigenvalue weighted by molar-refractivity contribution is 14.1. The maximum atomic E-state index is 6.42. The Bertz CT molecular complexity index is 660. The smallest absolute Gasteiger partial charge is 0.127 e. The van der Waals surface area contributed by atoms with E-state index < -0.39 is 0 Å². The molecule has 1 aliphatic rings.